The van der Waals surface area contributed by atoms with E-state index in [4.69, 9.17) is 0 Å². The second-order valence-corrected chi connectivity index (χ2v) is 2.00. The largest absolute Gasteiger partial charge is 0.467 e. The van der Waals surface area contributed by atoms with Gasteiger partial charge in [0, 0.05) is 0 Å². The van der Waals surface area contributed by atoms with E-state index in [-0.39, 0.29) is 12.0 Å². The van der Waals surface area contributed by atoms with E-state index in [1.807, 2.05) is 22.6 Å². The molecule has 0 spiro atoms. The lowest BCUT2D eigenvalue weighted by atomic mass is 10.4. The van der Waals surface area contributed by atoms with E-state index in [0.29, 0.717) is 0 Å². The summed E-state index contributed by atoms with van der Waals surface area (Å²) in [6.45, 7) is 1.68. The van der Waals surface area contributed by atoms with Crippen molar-refractivity contribution < 1.29 is 9.53 Å². The van der Waals surface area contributed by atoms with Gasteiger partial charge in [0.1, 0.15) is 6.04 Å². The molecule has 9 heavy (non-hydrogen) atoms. The average molecular weight is 241 g/mol. The Labute approximate surface area is 67.6 Å². The van der Waals surface area contributed by atoms with Crippen LogP contribution in [0.5, 0.6) is 0 Å². The van der Waals surface area contributed by atoms with Gasteiger partial charge in [0.15, 0.2) is 0 Å². The average Bonchev–Trinajstić information content (AvgIpc) is 1.87. The Morgan fingerprint density at radius 3 is 2.78 bits per heavy atom. The quantitative estimate of drug-likeness (QED) is 0.411. The first-order valence-electron chi connectivity index (χ1n) is 2.42. The van der Waals surface area contributed by atoms with Gasteiger partial charge in [0.05, 0.1) is 11.3 Å². The summed E-state index contributed by atoms with van der Waals surface area (Å²) in [4.78, 5) is 14.3. The molecular weight excluding hydrogens is 233 g/mol. The van der Waals surface area contributed by atoms with Gasteiger partial charge in [-0.3, -0.25) is 4.99 Å². The summed E-state index contributed by atoms with van der Waals surface area (Å²) in [6, 6.07) is -0.369. The highest BCUT2D eigenvalue weighted by Crippen LogP contribution is 1.91. The summed E-state index contributed by atoms with van der Waals surface area (Å²) in [5.41, 5.74) is 0. The number of carbonyl (C=O) groups is 1. The lowest BCUT2D eigenvalue weighted by Gasteiger charge is -2.00. The molecule has 0 bridgehead atoms. The van der Waals surface area contributed by atoms with Crippen LogP contribution in [0.25, 0.3) is 0 Å². The van der Waals surface area contributed by atoms with E-state index >= 15 is 0 Å². The molecule has 0 saturated heterocycles. The van der Waals surface area contributed by atoms with Crippen LogP contribution < -0.4 is 0 Å². The minimum atomic E-state index is -0.369. The molecule has 0 aromatic carbocycles. The van der Waals surface area contributed by atoms with Crippen molar-refractivity contribution in [1.29, 1.82) is 0 Å². The Kier molecular flexibility index (Phi) is 4.65. The third-order valence-electron chi connectivity index (χ3n) is 0.822. The zero-order valence-electron chi connectivity index (χ0n) is 5.30. The first-order chi connectivity index (χ1) is 4.22. The van der Waals surface area contributed by atoms with Gasteiger partial charge in [-0.05, 0) is 29.5 Å². The molecule has 0 N–H and O–H groups in total. The van der Waals surface area contributed by atoms with E-state index in [9.17, 15) is 4.79 Å². The second-order valence-electron chi connectivity index (χ2n) is 1.45. The molecule has 0 aromatic heterocycles. The highest BCUT2D eigenvalue weighted by molar-refractivity contribution is 14.1. The van der Waals surface area contributed by atoms with E-state index in [1.165, 1.54) is 7.11 Å². The Bertz CT molecular complexity index is 124. The number of methoxy groups -OCH3 is 1. The minimum Gasteiger partial charge on any atom is -0.467 e. The van der Waals surface area contributed by atoms with Crippen molar-refractivity contribution in [2.24, 2.45) is 4.99 Å². The van der Waals surface area contributed by atoms with Crippen LogP contribution in [-0.4, -0.2) is 23.3 Å². The molecule has 0 aromatic rings. The molecule has 0 rings (SSSR count). The fourth-order valence-electron chi connectivity index (χ4n) is 0.316. The number of hydrogen-bond acceptors (Lipinski definition) is 3. The summed E-state index contributed by atoms with van der Waals surface area (Å²) in [5, 5.41) is 0. The Balaban J connectivity index is 3.72. The van der Waals surface area contributed by atoms with E-state index in [1.54, 1.807) is 11.1 Å². The van der Waals surface area contributed by atoms with Gasteiger partial charge in [-0.1, -0.05) is 0 Å². The third-order valence-corrected chi connectivity index (χ3v) is 1.14. The van der Waals surface area contributed by atoms with Crippen molar-refractivity contribution in [3.8, 4) is 0 Å². The molecule has 0 fully saturated rings. The van der Waals surface area contributed by atoms with E-state index < -0.39 is 0 Å². The number of carbonyl (C=O) groups excluding carboxylic acids is 1. The zero-order valence-corrected chi connectivity index (χ0v) is 7.45. The normalized spacial score (nSPS) is 13.7. The van der Waals surface area contributed by atoms with Crippen LogP contribution in [0.1, 0.15) is 6.92 Å². The predicted molar refractivity (Wildman–Crippen MR) is 44.0 cm³/mol. The number of hydrogen-bond donors (Lipinski definition) is 0. The Morgan fingerprint density at radius 1 is 1.89 bits per heavy atom. The number of ether oxygens (including phenoxy) is 1. The van der Waals surface area contributed by atoms with Gasteiger partial charge in [-0.2, -0.15) is 0 Å². The summed E-state index contributed by atoms with van der Waals surface area (Å²) in [6.07, 6.45) is 0. The molecule has 0 heterocycles. The standard InChI is InChI=1S/C5H8INO2/c1-4(7-3-6)5(8)9-2/h3-4H,1-2H3/b7-3+/t4-/m0/s1. The topological polar surface area (TPSA) is 38.7 Å². The summed E-state index contributed by atoms with van der Waals surface area (Å²) < 4.78 is 5.96. The molecule has 1 atom stereocenters. The summed E-state index contributed by atoms with van der Waals surface area (Å²) >= 11 is 1.95. The smallest absolute Gasteiger partial charge is 0.330 e. The molecule has 3 nitrogen and oxygen atoms in total. The van der Waals surface area contributed by atoms with Crippen LogP contribution >= 0.6 is 22.6 Å². The maximum absolute atomic E-state index is 10.6. The molecule has 0 amide bonds. The second kappa shape index (κ2) is 4.72. The zero-order chi connectivity index (χ0) is 7.28. The number of rotatable bonds is 2. The molecule has 0 aliphatic rings. The van der Waals surface area contributed by atoms with Crippen LogP contribution in [0, 0.1) is 0 Å². The highest BCUT2D eigenvalue weighted by atomic mass is 127. The first-order valence-corrected chi connectivity index (χ1v) is 3.66. The van der Waals surface area contributed by atoms with Crippen molar-refractivity contribution in [2.75, 3.05) is 7.11 Å². The van der Waals surface area contributed by atoms with Crippen LogP contribution in [-0.2, 0) is 9.53 Å². The maximum Gasteiger partial charge on any atom is 0.330 e. The molecule has 0 aliphatic carbocycles. The third kappa shape index (κ3) is 3.45. The van der Waals surface area contributed by atoms with E-state index in [0.717, 1.165) is 0 Å². The molecule has 0 radical (unpaired) electrons. The number of esters is 1. The Morgan fingerprint density at radius 2 is 2.44 bits per heavy atom. The van der Waals surface area contributed by atoms with Gasteiger partial charge in [0.25, 0.3) is 0 Å². The fourth-order valence-corrected chi connectivity index (χ4v) is 0.798. The van der Waals surface area contributed by atoms with Crippen LogP contribution in [0.15, 0.2) is 4.99 Å². The molecular formula is C5H8INO2. The number of halogens is 1. The Hall–Kier alpha value is -0.130. The highest BCUT2D eigenvalue weighted by Gasteiger charge is 2.08. The monoisotopic (exact) mass is 241 g/mol. The molecule has 52 valence electrons. The van der Waals surface area contributed by atoms with Crippen molar-refractivity contribution in [3.05, 3.63) is 0 Å². The molecule has 0 unspecified atom stereocenters. The van der Waals surface area contributed by atoms with Gasteiger partial charge in [-0.25, -0.2) is 4.79 Å². The predicted octanol–water partition coefficient (Wildman–Crippen LogP) is 1.01. The lowest BCUT2D eigenvalue weighted by molar-refractivity contribution is -0.141. The van der Waals surface area contributed by atoms with Crippen molar-refractivity contribution in [2.45, 2.75) is 13.0 Å². The van der Waals surface area contributed by atoms with Crippen molar-refractivity contribution in [1.82, 2.24) is 0 Å². The van der Waals surface area contributed by atoms with Gasteiger partial charge < -0.3 is 4.74 Å². The number of aliphatic imine (C=N–C) groups is 1. The molecule has 4 heteroatoms. The SMILES string of the molecule is COC(=O)[C@H](C)/N=C/I. The van der Waals surface area contributed by atoms with Gasteiger partial charge >= 0.3 is 5.97 Å². The maximum atomic E-state index is 10.6. The van der Waals surface area contributed by atoms with Crippen molar-refractivity contribution in [3.63, 3.8) is 0 Å². The van der Waals surface area contributed by atoms with Crippen LogP contribution in [0.3, 0.4) is 0 Å². The summed E-state index contributed by atoms with van der Waals surface area (Å²) in [5.74, 6) is -0.303. The van der Waals surface area contributed by atoms with Crippen LogP contribution in [0.4, 0.5) is 0 Å². The minimum absolute atomic E-state index is 0.303. The number of nitrogens with zero attached hydrogens (tertiary/aromatic N) is 1. The van der Waals surface area contributed by atoms with Gasteiger partial charge in [0.2, 0.25) is 0 Å². The molecule has 0 saturated carbocycles. The van der Waals surface area contributed by atoms with Gasteiger partial charge in [-0.15, -0.1) is 0 Å². The van der Waals surface area contributed by atoms with Crippen LogP contribution in [0.2, 0.25) is 0 Å². The summed E-state index contributed by atoms with van der Waals surface area (Å²) in [7, 11) is 1.35. The van der Waals surface area contributed by atoms with E-state index in [2.05, 4.69) is 9.73 Å². The lowest BCUT2D eigenvalue weighted by Crippen LogP contribution is -2.15. The van der Waals surface area contributed by atoms with Crippen molar-refractivity contribution >= 4 is 32.8 Å². The molecule has 0 aliphatic heterocycles. The first kappa shape index (κ1) is 8.87. The fraction of sp³-hybridized carbons (Fsp3) is 0.600.